The average Bonchev–Trinajstić information content (AvgIpc) is 3.35. The predicted octanol–water partition coefficient (Wildman–Crippen LogP) is 2.11. The van der Waals surface area contributed by atoms with E-state index in [-0.39, 0.29) is 6.04 Å². The number of nitrogens with two attached hydrogens (primary N) is 2. The van der Waals surface area contributed by atoms with E-state index in [1.807, 2.05) is 39.6 Å². The van der Waals surface area contributed by atoms with Crippen molar-refractivity contribution in [2.45, 2.75) is 37.3 Å². The topological polar surface area (TPSA) is 109 Å². The van der Waals surface area contributed by atoms with E-state index >= 15 is 0 Å². The molecular weight excluding hydrogens is 354 g/mol. The Morgan fingerprint density at radius 2 is 1.93 bits per heavy atom. The molecular formula is C20H23N7O. The van der Waals surface area contributed by atoms with Crippen molar-refractivity contribution < 1.29 is 4.74 Å². The van der Waals surface area contributed by atoms with E-state index in [2.05, 4.69) is 11.2 Å². The van der Waals surface area contributed by atoms with Gasteiger partial charge in [-0.1, -0.05) is 0 Å². The van der Waals surface area contributed by atoms with E-state index in [9.17, 15) is 0 Å². The second-order valence-electron chi connectivity index (χ2n) is 7.58. The Labute approximate surface area is 162 Å². The molecule has 1 saturated carbocycles. The van der Waals surface area contributed by atoms with Gasteiger partial charge < -0.3 is 16.2 Å². The first-order chi connectivity index (χ1) is 13.6. The normalized spacial score (nSPS) is 22.8. The minimum atomic E-state index is -0.571. The number of fused-ring (bicyclic) bond motifs is 2. The molecule has 1 fully saturated rings. The first-order valence-corrected chi connectivity index (χ1v) is 9.49. The first kappa shape index (κ1) is 17.2. The molecule has 8 nitrogen and oxygen atoms in total. The average molecular weight is 377 g/mol. The fourth-order valence-corrected chi connectivity index (χ4v) is 4.05. The lowest BCUT2D eigenvalue weighted by molar-refractivity contribution is 0.258. The van der Waals surface area contributed by atoms with Crippen LogP contribution >= 0.6 is 0 Å². The monoisotopic (exact) mass is 377 g/mol. The molecule has 0 aromatic carbocycles. The number of methoxy groups -OCH3 is 1. The summed E-state index contributed by atoms with van der Waals surface area (Å²) in [5, 5.41) is 9.00. The molecule has 0 aliphatic heterocycles. The van der Waals surface area contributed by atoms with Crippen LogP contribution in [0, 0.1) is 0 Å². The van der Waals surface area contributed by atoms with Crippen LogP contribution in [0.2, 0.25) is 0 Å². The molecule has 0 atom stereocenters. The van der Waals surface area contributed by atoms with Crippen molar-refractivity contribution in [3.05, 3.63) is 48.7 Å². The lowest BCUT2D eigenvalue weighted by atomic mass is 9.80. The Hall–Kier alpha value is -2.97. The van der Waals surface area contributed by atoms with Crippen molar-refractivity contribution in [3.63, 3.8) is 0 Å². The Bertz CT molecular complexity index is 1150. The molecule has 8 heteroatoms. The van der Waals surface area contributed by atoms with Gasteiger partial charge in [0.05, 0.1) is 18.2 Å². The zero-order valence-electron chi connectivity index (χ0n) is 15.7. The molecule has 144 valence electrons. The van der Waals surface area contributed by atoms with Gasteiger partial charge in [0, 0.05) is 30.2 Å². The fourth-order valence-electron chi connectivity index (χ4n) is 4.05. The highest BCUT2D eigenvalue weighted by molar-refractivity contribution is 5.85. The number of hydrogen-bond donors (Lipinski definition) is 2. The fraction of sp³-hybridized carbons (Fsp3) is 0.350. The number of hydrogen-bond acceptors (Lipinski definition) is 6. The van der Waals surface area contributed by atoms with Crippen molar-refractivity contribution in [1.82, 2.24) is 24.2 Å². The minimum Gasteiger partial charge on any atom is -0.479 e. The Morgan fingerprint density at radius 3 is 2.71 bits per heavy atom. The molecule has 0 radical (unpaired) electrons. The lowest BCUT2D eigenvalue weighted by Gasteiger charge is -2.34. The second kappa shape index (κ2) is 6.29. The molecule has 4 N–H and O–H groups in total. The Balaban J connectivity index is 1.63. The third-order valence-electron chi connectivity index (χ3n) is 5.75. The van der Waals surface area contributed by atoms with Crippen LogP contribution in [0.15, 0.2) is 42.9 Å². The van der Waals surface area contributed by atoms with Gasteiger partial charge in [-0.15, -0.1) is 0 Å². The van der Waals surface area contributed by atoms with E-state index in [4.69, 9.17) is 26.3 Å². The van der Waals surface area contributed by atoms with Gasteiger partial charge >= 0.3 is 0 Å². The van der Waals surface area contributed by atoms with E-state index in [0.717, 1.165) is 47.8 Å². The molecule has 4 aromatic rings. The van der Waals surface area contributed by atoms with Gasteiger partial charge in [0.1, 0.15) is 5.52 Å². The summed E-state index contributed by atoms with van der Waals surface area (Å²) in [5.74, 6) is 1.13. The van der Waals surface area contributed by atoms with Gasteiger partial charge in [-0.3, -0.25) is 0 Å². The molecule has 0 saturated heterocycles. The second-order valence-corrected chi connectivity index (χ2v) is 7.58. The molecule has 5 rings (SSSR count). The standard InChI is InChI=1S/C20H23N7O/c1-28-18-17-16(13-5-10-26-15(12-13)4-9-23-26)6-11-27(17)25-19(24-18)20(22)7-2-14(21)3-8-20/h4-6,9-12,14H,2-3,7-8,21-22H2,1H3. The van der Waals surface area contributed by atoms with Gasteiger partial charge in [0.25, 0.3) is 0 Å². The Morgan fingerprint density at radius 1 is 1.14 bits per heavy atom. The van der Waals surface area contributed by atoms with Crippen LogP contribution in [0.5, 0.6) is 5.88 Å². The first-order valence-electron chi connectivity index (χ1n) is 9.49. The van der Waals surface area contributed by atoms with Crippen LogP contribution in [-0.4, -0.2) is 37.4 Å². The van der Waals surface area contributed by atoms with Crippen LogP contribution in [-0.2, 0) is 5.54 Å². The molecule has 28 heavy (non-hydrogen) atoms. The number of aromatic nitrogens is 5. The quantitative estimate of drug-likeness (QED) is 0.566. The van der Waals surface area contributed by atoms with Gasteiger partial charge in [-0.2, -0.15) is 15.2 Å². The maximum Gasteiger partial charge on any atom is 0.242 e. The smallest absolute Gasteiger partial charge is 0.242 e. The highest BCUT2D eigenvalue weighted by atomic mass is 16.5. The summed E-state index contributed by atoms with van der Waals surface area (Å²) in [4.78, 5) is 4.71. The van der Waals surface area contributed by atoms with E-state index in [0.29, 0.717) is 11.7 Å². The van der Waals surface area contributed by atoms with Crippen LogP contribution < -0.4 is 16.2 Å². The van der Waals surface area contributed by atoms with E-state index in [1.165, 1.54) is 0 Å². The van der Waals surface area contributed by atoms with Gasteiger partial charge in [-0.25, -0.2) is 9.03 Å². The zero-order chi connectivity index (χ0) is 19.3. The van der Waals surface area contributed by atoms with Crippen molar-refractivity contribution in [2.75, 3.05) is 7.11 Å². The van der Waals surface area contributed by atoms with Gasteiger partial charge in [-0.05, 0) is 55.5 Å². The van der Waals surface area contributed by atoms with E-state index in [1.54, 1.807) is 13.3 Å². The summed E-state index contributed by atoms with van der Waals surface area (Å²) >= 11 is 0. The number of rotatable bonds is 3. The maximum atomic E-state index is 6.67. The van der Waals surface area contributed by atoms with Crippen LogP contribution in [0.3, 0.4) is 0 Å². The highest BCUT2D eigenvalue weighted by Crippen LogP contribution is 2.36. The van der Waals surface area contributed by atoms with E-state index < -0.39 is 5.54 Å². The Kier molecular flexibility index (Phi) is 3.85. The minimum absolute atomic E-state index is 0.207. The number of ether oxygens (including phenoxy) is 1. The zero-order valence-corrected chi connectivity index (χ0v) is 15.7. The maximum absolute atomic E-state index is 6.67. The summed E-state index contributed by atoms with van der Waals surface area (Å²) in [5.41, 5.74) is 16.0. The summed E-state index contributed by atoms with van der Waals surface area (Å²) in [6, 6.07) is 8.31. The summed E-state index contributed by atoms with van der Waals surface area (Å²) in [6.07, 6.45) is 8.95. The third kappa shape index (κ3) is 2.64. The van der Waals surface area contributed by atoms with Gasteiger partial charge in [0.2, 0.25) is 5.88 Å². The van der Waals surface area contributed by atoms with Gasteiger partial charge in [0.15, 0.2) is 5.82 Å². The summed E-state index contributed by atoms with van der Waals surface area (Å²) < 4.78 is 9.30. The highest BCUT2D eigenvalue weighted by Gasteiger charge is 2.36. The van der Waals surface area contributed by atoms with Crippen molar-refractivity contribution in [3.8, 4) is 17.0 Å². The molecule has 0 spiro atoms. The number of pyridine rings is 1. The molecule has 1 aliphatic rings. The van der Waals surface area contributed by atoms with Crippen molar-refractivity contribution >= 4 is 11.0 Å². The molecule has 4 heterocycles. The molecule has 0 amide bonds. The number of nitrogens with zero attached hydrogens (tertiary/aromatic N) is 5. The molecule has 0 bridgehead atoms. The molecule has 0 unspecified atom stereocenters. The van der Waals surface area contributed by atoms with Crippen LogP contribution in [0.1, 0.15) is 31.5 Å². The predicted molar refractivity (Wildman–Crippen MR) is 106 cm³/mol. The van der Waals surface area contributed by atoms with Crippen LogP contribution in [0.25, 0.3) is 22.2 Å². The summed E-state index contributed by atoms with van der Waals surface area (Å²) in [6.45, 7) is 0. The summed E-state index contributed by atoms with van der Waals surface area (Å²) in [7, 11) is 1.63. The van der Waals surface area contributed by atoms with Crippen molar-refractivity contribution in [1.29, 1.82) is 0 Å². The lowest BCUT2D eigenvalue weighted by Crippen LogP contribution is -2.45. The van der Waals surface area contributed by atoms with Crippen LogP contribution in [0.4, 0.5) is 0 Å². The molecule has 4 aromatic heterocycles. The molecule has 1 aliphatic carbocycles. The SMILES string of the molecule is COc1nc(C2(N)CCC(N)CC2)nn2ccc(-c3ccn4nccc4c3)c12. The largest absolute Gasteiger partial charge is 0.479 e. The van der Waals surface area contributed by atoms with Crippen molar-refractivity contribution in [2.24, 2.45) is 11.5 Å². The third-order valence-corrected chi connectivity index (χ3v) is 5.75.